The van der Waals surface area contributed by atoms with Gasteiger partial charge in [0.05, 0.1) is 51.8 Å². The fraction of sp³-hybridized carbons (Fsp3) is 0.158. The van der Waals surface area contributed by atoms with E-state index in [0.717, 1.165) is 23.9 Å². The lowest BCUT2D eigenvalue weighted by Crippen LogP contribution is -2.25. The van der Waals surface area contributed by atoms with Gasteiger partial charge in [-0.1, -0.05) is 11.6 Å². The standard InChI is InChI=1S/C19H17ClFN5O3S/c1-12-7-23-15(9-22-12)10-25-19(27)13-2-3-14(24-8-13)11-26-30(28,29)16-4-5-18(21)17(20)6-16/h2-9,26H,10-11H2,1H3,(H,25,27). The van der Waals surface area contributed by atoms with Crippen LogP contribution in [0, 0.1) is 12.7 Å². The van der Waals surface area contributed by atoms with Crippen LogP contribution in [0.3, 0.4) is 0 Å². The average Bonchev–Trinajstić information content (AvgIpc) is 2.74. The monoisotopic (exact) mass is 449 g/mol. The minimum absolute atomic E-state index is 0.113. The van der Waals surface area contributed by atoms with Gasteiger partial charge in [0, 0.05) is 12.4 Å². The molecule has 11 heteroatoms. The van der Waals surface area contributed by atoms with E-state index >= 15 is 0 Å². The SMILES string of the molecule is Cc1cnc(CNC(=O)c2ccc(CNS(=O)(=O)c3ccc(F)c(Cl)c3)nc2)cn1. The molecule has 156 valence electrons. The quantitative estimate of drug-likeness (QED) is 0.572. The molecule has 0 spiro atoms. The highest BCUT2D eigenvalue weighted by Gasteiger charge is 2.16. The normalized spacial score (nSPS) is 11.3. The number of hydrogen-bond donors (Lipinski definition) is 2. The van der Waals surface area contributed by atoms with E-state index in [1.807, 2.05) is 6.92 Å². The Balaban J connectivity index is 1.57. The molecule has 0 saturated carbocycles. The zero-order valence-electron chi connectivity index (χ0n) is 15.8. The van der Waals surface area contributed by atoms with E-state index in [0.29, 0.717) is 17.0 Å². The Hall–Kier alpha value is -2.95. The van der Waals surface area contributed by atoms with Crippen molar-refractivity contribution in [2.24, 2.45) is 0 Å². The Bertz CT molecular complexity index is 1160. The van der Waals surface area contributed by atoms with Crippen molar-refractivity contribution in [1.29, 1.82) is 0 Å². The molecule has 0 fully saturated rings. The third kappa shape index (κ3) is 5.56. The summed E-state index contributed by atoms with van der Waals surface area (Å²) in [6.07, 6.45) is 4.53. The van der Waals surface area contributed by atoms with Gasteiger partial charge in [-0.25, -0.2) is 17.5 Å². The summed E-state index contributed by atoms with van der Waals surface area (Å²) in [4.78, 5) is 24.4. The number of halogens is 2. The van der Waals surface area contributed by atoms with Crippen LogP contribution in [-0.4, -0.2) is 29.3 Å². The average molecular weight is 450 g/mol. The molecule has 0 saturated heterocycles. The molecule has 2 heterocycles. The second kappa shape index (κ2) is 9.24. The summed E-state index contributed by atoms with van der Waals surface area (Å²) >= 11 is 5.63. The lowest BCUT2D eigenvalue weighted by atomic mass is 10.2. The van der Waals surface area contributed by atoms with Crippen LogP contribution in [-0.2, 0) is 23.1 Å². The van der Waals surface area contributed by atoms with Gasteiger partial charge in [0.2, 0.25) is 10.0 Å². The second-order valence-electron chi connectivity index (χ2n) is 6.27. The maximum Gasteiger partial charge on any atom is 0.253 e. The number of amides is 1. The van der Waals surface area contributed by atoms with Crippen LogP contribution in [0.15, 0.2) is 53.8 Å². The highest BCUT2D eigenvalue weighted by molar-refractivity contribution is 7.89. The molecule has 0 aliphatic rings. The Kier molecular flexibility index (Phi) is 6.70. The zero-order chi connectivity index (χ0) is 21.7. The minimum Gasteiger partial charge on any atom is -0.346 e. The molecule has 1 amide bonds. The first-order valence-electron chi connectivity index (χ1n) is 8.70. The van der Waals surface area contributed by atoms with Crippen molar-refractivity contribution in [2.45, 2.75) is 24.9 Å². The fourth-order valence-corrected chi connectivity index (χ4v) is 3.61. The molecule has 30 heavy (non-hydrogen) atoms. The van der Waals surface area contributed by atoms with E-state index in [9.17, 15) is 17.6 Å². The van der Waals surface area contributed by atoms with Crippen LogP contribution in [0.25, 0.3) is 0 Å². The number of nitrogens with one attached hydrogen (secondary N) is 2. The van der Waals surface area contributed by atoms with Crippen molar-refractivity contribution in [3.8, 4) is 0 Å². The highest BCUT2D eigenvalue weighted by atomic mass is 35.5. The van der Waals surface area contributed by atoms with E-state index in [1.54, 1.807) is 12.4 Å². The van der Waals surface area contributed by atoms with Gasteiger partial charge >= 0.3 is 0 Å². The second-order valence-corrected chi connectivity index (χ2v) is 8.44. The summed E-state index contributed by atoms with van der Waals surface area (Å²) in [7, 11) is -3.90. The number of hydrogen-bond acceptors (Lipinski definition) is 6. The number of aryl methyl sites for hydroxylation is 1. The maximum absolute atomic E-state index is 13.2. The third-order valence-electron chi connectivity index (χ3n) is 4.00. The van der Waals surface area contributed by atoms with E-state index in [4.69, 9.17) is 11.6 Å². The van der Waals surface area contributed by atoms with Crippen molar-refractivity contribution < 1.29 is 17.6 Å². The van der Waals surface area contributed by atoms with Gasteiger partial charge in [0.25, 0.3) is 5.91 Å². The largest absolute Gasteiger partial charge is 0.346 e. The van der Waals surface area contributed by atoms with Gasteiger partial charge in [-0.15, -0.1) is 0 Å². The number of sulfonamides is 1. The van der Waals surface area contributed by atoms with Crippen molar-refractivity contribution in [3.05, 3.63) is 82.4 Å². The number of carbonyl (C=O) groups excluding carboxylic acids is 1. The maximum atomic E-state index is 13.2. The van der Waals surface area contributed by atoms with Crippen LogP contribution in [0.4, 0.5) is 4.39 Å². The van der Waals surface area contributed by atoms with Crippen LogP contribution in [0.1, 0.15) is 27.4 Å². The molecule has 3 aromatic rings. The topological polar surface area (TPSA) is 114 Å². The van der Waals surface area contributed by atoms with Gasteiger partial charge in [-0.05, 0) is 37.3 Å². The number of benzene rings is 1. The predicted octanol–water partition coefficient (Wildman–Crippen LogP) is 2.38. The van der Waals surface area contributed by atoms with Crippen molar-refractivity contribution in [2.75, 3.05) is 0 Å². The molecule has 0 unspecified atom stereocenters. The number of carbonyl (C=O) groups is 1. The number of pyridine rings is 1. The first kappa shape index (κ1) is 21.8. The molecule has 0 aliphatic carbocycles. The molecular weight excluding hydrogens is 433 g/mol. The summed E-state index contributed by atoms with van der Waals surface area (Å²) < 4.78 is 40.1. The summed E-state index contributed by atoms with van der Waals surface area (Å²) in [5, 5.41) is 2.42. The lowest BCUT2D eigenvalue weighted by Gasteiger charge is -2.08. The minimum atomic E-state index is -3.90. The summed E-state index contributed by atoms with van der Waals surface area (Å²) in [6.45, 7) is 1.92. The van der Waals surface area contributed by atoms with E-state index in [-0.39, 0.29) is 28.9 Å². The van der Waals surface area contributed by atoms with Crippen LogP contribution in [0.2, 0.25) is 5.02 Å². The number of nitrogens with zero attached hydrogens (tertiary/aromatic N) is 3. The van der Waals surface area contributed by atoms with E-state index in [2.05, 4.69) is 25.0 Å². The molecule has 0 bridgehead atoms. The fourth-order valence-electron chi connectivity index (χ4n) is 2.34. The van der Waals surface area contributed by atoms with Gasteiger partial charge in [0.1, 0.15) is 5.82 Å². The Morgan fingerprint density at radius 2 is 1.80 bits per heavy atom. The Morgan fingerprint density at radius 3 is 2.43 bits per heavy atom. The first-order chi connectivity index (χ1) is 14.2. The molecule has 0 aliphatic heterocycles. The van der Waals surface area contributed by atoms with Gasteiger partial charge in [-0.3, -0.25) is 19.7 Å². The Morgan fingerprint density at radius 1 is 1.03 bits per heavy atom. The van der Waals surface area contributed by atoms with Crippen molar-refractivity contribution >= 4 is 27.5 Å². The zero-order valence-corrected chi connectivity index (χ0v) is 17.3. The summed E-state index contributed by atoms with van der Waals surface area (Å²) in [6, 6.07) is 6.17. The Labute approximate surface area is 177 Å². The highest BCUT2D eigenvalue weighted by Crippen LogP contribution is 2.19. The molecule has 2 aromatic heterocycles. The van der Waals surface area contributed by atoms with Crippen molar-refractivity contribution in [3.63, 3.8) is 0 Å². The molecule has 0 atom stereocenters. The molecule has 2 N–H and O–H groups in total. The number of aromatic nitrogens is 3. The molecule has 8 nitrogen and oxygen atoms in total. The van der Waals surface area contributed by atoms with Crippen molar-refractivity contribution in [1.82, 2.24) is 25.0 Å². The first-order valence-corrected chi connectivity index (χ1v) is 10.6. The predicted molar refractivity (Wildman–Crippen MR) is 108 cm³/mol. The summed E-state index contributed by atoms with van der Waals surface area (Å²) in [5.41, 5.74) is 2.11. The summed E-state index contributed by atoms with van der Waals surface area (Å²) in [5.74, 6) is -1.06. The smallest absolute Gasteiger partial charge is 0.253 e. The van der Waals surface area contributed by atoms with Gasteiger partial charge in [-0.2, -0.15) is 0 Å². The lowest BCUT2D eigenvalue weighted by molar-refractivity contribution is 0.0950. The van der Waals surface area contributed by atoms with Crippen LogP contribution in [0.5, 0.6) is 0 Å². The van der Waals surface area contributed by atoms with Gasteiger partial charge < -0.3 is 5.32 Å². The van der Waals surface area contributed by atoms with Gasteiger partial charge in [0.15, 0.2) is 0 Å². The van der Waals surface area contributed by atoms with Crippen LogP contribution >= 0.6 is 11.6 Å². The van der Waals surface area contributed by atoms with E-state index in [1.165, 1.54) is 18.3 Å². The third-order valence-corrected chi connectivity index (χ3v) is 5.68. The van der Waals surface area contributed by atoms with Crippen LogP contribution < -0.4 is 10.0 Å². The molecular formula is C19H17ClFN5O3S. The van der Waals surface area contributed by atoms with E-state index < -0.39 is 15.8 Å². The molecule has 3 rings (SSSR count). The molecule has 0 radical (unpaired) electrons. The molecule has 1 aromatic carbocycles. The number of rotatable bonds is 7.